The Labute approximate surface area is 191 Å². The molecular weight excluding hydrogens is 481 g/mol. The molecule has 29 heavy (non-hydrogen) atoms. The van der Waals surface area contributed by atoms with Crippen LogP contribution < -0.4 is 10.6 Å². The Hall–Kier alpha value is -1.65. The van der Waals surface area contributed by atoms with Crippen LogP contribution in [-0.2, 0) is 17.9 Å². The molecule has 1 unspecified atom stereocenters. The van der Waals surface area contributed by atoms with Crippen LogP contribution >= 0.6 is 24.0 Å². The molecule has 0 fully saturated rings. The van der Waals surface area contributed by atoms with E-state index >= 15 is 0 Å². The first-order valence-corrected chi connectivity index (χ1v) is 9.91. The molecule has 7 nitrogen and oxygen atoms in total. The minimum absolute atomic E-state index is 0. The van der Waals surface area contributed by atoms with Crippen molar-refractivity contribution in [1.82, 2.24) is 20.4 Å². The molecule has 0 aliphatic carbocycles. The third-order valence-electron chi connectivity index (χ3n) is 4.17. The molecule has 0 amide bonds. The van der Waals surface area contributed by atoms with Gasteiger partial charge in [-0.2, -0.15) is 5.10 Å². The van der Waals surface area contributed by atoms with E-state index in [0.29, 0.717) is 19.1 Å². The number of aromatic nitrogens is 2. The summed E-state index contributed by atoms with van der Waals surface area (Å²) in [6.07, 6.45) is 0.309. The van der Waals surface area contributed by atoms with Crippen molar-refractivity contribution in [2.24, 2.45) is 4.99 Å². The van der Waals surface area contributed by atoms with E-state index in [-0.39, 0.29) is 30.6 Å². The molecule has 2 rings (SSSR count). The van der Waals surface area contributed by atoms with E-state index in [0.717, 1.165) is 37.3 Å². The summed E-state index contributed by atoms with van der Waals surface area (Å²) in [4.78, 5) is 4.45. The van der Waals surface area contributed by atoms with Crippen molar-refractivity contribution in [3.8, 4) is 0 Å². The van der Waals surface area contributed by atoms with Crippen LogP contribution in [-0.4, -0.2) is 53.2 Å². The Morgan fingerprint density at radius 3 is 2.66 bits per heavy atom. The van der Waals surface area contributed by atoms with E-state index in [4.69, 9.17) is 4.74 Å². The van der Waals surface area contributed by atoms with E-state index in [1.165, 1.54) is 5.69 Å². The van der Waals surface area contributed by atoms with Gasteiger partial charge in [-0.1, -0.05) is 30.3 Å². The van der Waals surface area contributed by atoms with Gasteiger partial charge in [0, 0.05) is 25.3 Å². The summed E-state index contributed by atoms with van der Waals surface area (Å²) in [6.45, 7) is 9.56. The van der Waals surface area contributed by atoms with Gasteiger partial charge >= 0.3 is 0 Å². The number of aliphatic imine (C=N–C) groups is 1. The summed E-state index contributed by atoms with van der Waals surface area (Å²) in [5.74, 6) is 0.706. The fourth-order valence-corrected chi connectivity index (χ4v) is 2.82. The van der Waals surface area contributed by atoms with Crippen LogP contribution in [0.2, 0.25) is 0 Å². The lowest BCUT2D eigenvalue weighted by Gasteiger charge is -2.13. The highest BCUT2D eigenvalue weighted by molar-refractivity contribution is 14.0. The second kappa shape index (κ2) is 14.4. The van der Waals surface area contributed by atoms with E-state index in [9.17, 15) is 5.11 Å². The quantitative estimate of drug-likeness (QED) is 0.186. The van der Waals surface area contributed by atoms with Gasteiger partial charge in [-0.15, -0.1) is 24.0 Å². The number of hydrogen-bond acceptors (Lipinski definition) is 4. The Kier molecular flexibility index (Phi) is 12.6. The standard InChI is InChI=1S/C21H33N5O2.HI/c1-4-22-21(23-11-8-12-26-18(3)13-17(2)25-26)24-14-20(27)16-28-15-19-9-6-5-7-10-19;/h5-7,9-10,13,20,27H,4,8,11-12,14-16H2,1-3H3,(H2,22,23,24);1H. The molecule has 0 bridgehead atoms. The predicted molar refractivity (Wildman–Crippen MR) is 128 cm³/mol. The van der Waals surface area contributed by atoms with Crippen LogP contribution in [0.4, 0.5) is 0 Å². The molecular formula is C21H34IN5O2. The van der Waals surface area contributed by atoms with Crippen molar-refractivity contribution in [2.75, 3.05) is 26.2 Å². The van der Waals surface area contributed by atoms with Crippen molar-refractivity contribution in [3.05, 3.63) is 53.3 Å². The normalized spacial score (nSPS) is 12.3. The lowest BCUT2D eigenvalue weighted by atomic mass is 10.2. The Bertz CT molecular complexity index is 721. The lowest BCUT2D eigenvalue weighted by molar-refractivity contribution is 0.0331. The summed E-state index contributed by atoms with van der Waals surface area (Å²) in [7, 11) is 0. The number of hydrogen-bond donors (Lipinski definition) is 3. The van der Waals surface area contributed by atoms with E-state index in [1.807, 2.05) is 48.9 Å². The van der Waals surface area contributed by atoms with Gasteiger partial charge in [0.05, 0.1) is 31.6 Å². The number of aliphatic hydroxyl groups excluding tert-OH is 1. The van der Waals surface area contributed by atoms with E-state index < -0.39 is 6.10 Å². The second-order valence-corrected chi connectivity index (χ2v) is 6.80. The highest BCUT2D eigenvalue weighted by Gasteiger charge is 2.06. The molecule has 1 aromatic carbocycles. The highest BCUT2D eigenvalue weighted by atomic mass is 127. The molecule has 162 valence electrons. The number of halogens is 1. The molecule has 0 radical (unpaired) electrons. The topological polar surface area (TPSA) is 83.7 Å². The third kappa shape index (κ3) is 10.1. The fourth-order valence-electron chi connectivity index (χ4n) is 2.82. The number of guanidine groups is 1. The Balaban J connectivity index is 0.00000420. The number of nitrogens with zero attached hydrogens (tertiary/aromatic N) is 3. The van der Waals surface area contributed by atoms with Gasteiger partial charge in [-0.3, -0.25) is 9.67 Å². The number of ether oxygens (including phenoxy) is 1. The summed E-state index contributed by atoms with van der Waals surface area (Å²) in [6, 6.07) is 12.0. The van der Waals surface area contributed by atoms with E-state index in [1.54, 1.807) is 0 Å². The first kappa shape index (κ1) is 25.4. The third-order valence-corrected chi connectivity index (χ3v) is 4.17. The first-order chi connectivity index (χ1) is 13.6. The van der Waals surface area contributed by atoms with Crippen LogP contribution in [0.25, 0.3) is 0 Å². The predicted octanol–water partition coefficient (Wildman–Crippen LogP) is 2.64. The molecule has 1 heterocycles. The Morgan fingerprint density at radius 2 is 2.00 bits per heavy atom. The number of rotatable bonds is 11. The Morgan fingerprint density at radius 1 is 1.24 bits per heavy atom. The minimum atomic E-state index is -0.631. The zero-order valence-electron chi connectivity index (χ0n) is 17.6. The van der Waals surface area contributed by atoms with Crippen molar-refractivity contribution in [2.45, 2.75) is 46.4 Å². The zero-order valence-corrected chi connectivity index (χ0v) is 19.9. The molecule has 1 aromatic heterocycles. The molecule has 0 saturated heterocycles. The van der Waals surface area contributed by atoms with Crippen molar-refractivity contribution in [3.63, 3.8) is 0 Å². The monoisotopic (exact) mass is 515 g/mol. The molecule has 8 heteroatoms. The van der Waals surface area contributed by atoms with Crippen LogP contribution in [0, 0.1) is 13.8 Å². The largest absolute Gasteiger partial charge is 0.389 e. The summed E-state index contributed by atoms with van der Waals surface area (Å²) in [5, 5.41) is 21.1. The first-order valence-electron chi connectivity index (χ1n) is 9.91. The van der Waals surface area contributed by atoms with Crippen molar-refractivity contribution >= 4 is 29.9 Å². The van der Waals surface area contributed by atoms with Crippen LogP contribution in [0.3, 0.4) is 0 Å². The summed E-state index contributed by atoms with van der Waals surface area (Å²) < 4.78 is 7.59. The summed E-state index contributed by atoms with van der Waals surface area (Å²) in [5.41, 5.74) is 3.32. The zero-order chi connectivity index (χ0) is 20.2. The minimum Gasteiger partial charge on any atom is -0.389 e. The van der Waals surface area contributed by atoms with Gasteiger partial charge in [-0.25, -0.2) is 0 Å². The van der Waals surface area contributed by atoms with Crippen LogP contribution in [0.1, 0.15) is 30.3 Å². The highest BCUT2D eigenvalue weighted by Crippen LogP contribution is 2.02. The molecule has 2 aromatic rings. The maximum absolute atomic E-state index is 10.1. The average Bonchev–Trinajstić information content (AvgIpc) is 3.01. The van der Waals surface area contributed by atoms with Crippen molar-refractivity contribution in [1.29, 1.82) is 0 Å². The SMILES string of the molecule is CCNC(=NCC(O)COCc1ccccc1)NCCCn1nc(C)cc1C.I. The molecule has 0 aliphatic rings. The van der Waals surface area contributed by atoms with Gasteiger partial charge in [0.25, 0.3) is 0 Å². The molecule has 0 spiro atoms. The van der Waals surface area contributed by atoms with Gasteiger partial charge < -0.3 is 20.5 Å². The maximum Gasteiger partial charge on any atom is 0.191 e. The number of aryl methyl sites for hydroxylation is 3. The molecule has 0 saturated carbocycles. The van der Waals surface area contributed by atoms with Gasteiger partial charge in [-0.05, 0) is 38.8 Å². The maximum atomic E-state index is 10.1. The summed E-state index contributed by atoms with van der Waals surface area (Å²) >= 11 is 0. The molecule has 1 atom stereocenters. The molecule has 0 aliphatic heterocycles. The van der Waals surface area contributed by atoms with Crippen molar-refractivity contribution < 1.29 is 9.84 Å². The number of nitrogens with one attached hydrogen (secondary N) is 2. The van der Waals surface area contributed by atoms with Gasteiger partial charge in [0.2, 0.25) is 0 Å². The average molecular weight is 515 g/mol. The number of aliphatic hydroxyl groups is 1. The van der Waals surface area contributed by atoms with E-state index in [2.05, 4.69) is 33.7 Å². The van der Waals surface area contributed by atoms with Gasteiger partial charge in [0.15, 0.2) is 5.96 Å². The fraction of sp³-hybridized carbons (Fsp3) is 0.524. The van der Waals surface area contributed by atoms with Gasteiger partial charge in [0.1, 0.15) is 0 Å². The number of benzene rings is 1. The second-order valence-electron chi connectivity index (χ2n) is 6.80. The smallest absolute Gasteiger partial charge is 0.191 e. The molecule has 3 N–H and O–H groups in total. The lowest BCUT2D eigenvalue weighted by Crippen LogP contribution is -2.39. The van der Waals surface area contributed by atoms with Crippen LogP contribution in [0.15, 0.2) is 41.4 Å². The van der Waals surface area contributed by atoms with Crippen LogP contribution in [0.5, 0.6) is 0 Å².